The van der Waals surface area contributed by atoms with Gasteiger partial charge in [0.15, 0.2) is 0 Å². The van der Waals surface area contributed by atoms with Crippen LogP contribution in [0.1, 0.15) is 55.0 Å². The van der Waals surface area contributed by atoms with Crippen molar-refractivity contribution < 1.29 is 9.47 Å². The molecule has 0 aliphatic carbocycles. The van der Waals surface area contributed by atoms with E-state index in [9.17, 15) is 0 Å². The molecular formula is C27H34N4O2. The van der Waals surface area contributed by atoms with E-state index in [-0.39, 0.29) is 19.1 Å². The summed E-state index contributed by atoms with van der Waals surface area (Å²) in [6.45, 7) is 3.01. The van der Waals surface area contributed by atoms with Crippen LogP contribution in [0.2, 0.25) is 0 Å². The summed E-state index contributed by atoms with van der Waals surface area (Å²) in [5.74, 6) is 1.63. The first-order valence-electron chi connectivity index (χ1n) is 10.7. The monoisotopic (exact) mass is 446 g/mol. The summed E-state index contributed by atoms with van der Waals surface area (Å²) in [5.41, 5.74) is 15.6. The maximum Gasteiger partial charge on any atom is 0.123 e. The Morgan fingerprint density at radius 2 is 1.12 bits per heavy atom. The summed E-state index contributed by atoms with van der Waals surface area (Å²) in [6, 6.07) is 21.0. The molecule has 0 saturated carbocycles. The molecule has 3 aromatic carbocycles. The lowest BCUT2D eigenvalue weighted by Crippen LogP contribution is -2.10. The van der Waals surface area contributed by atoms with Crippen LogP contribution < -0.4 is 20.9 Å². The molecule has 0 bridgehead atoms. The zero-order valence-electron chi connectivity index (χ0n) is 18.4. The van der Waals surface area contributed by atoms with Gasteiger partial charge in [-0.2, -0.15) is 0 Å². The molecule has 0 spiro atoms. The van der Waals surface area contributed by atoms with Gasteiger partial charge in [0.1, 0.15) is 36.4 Å². The number of nitrogen functional groups attached to an aromatic ring is 2. The molecular weight excluding hydrogens is 412 g/mol. The van der Waals surface area contributed by atoms with Crippen LogP contribution in [0.3, 0.4) is 0 Å². The summed E-state index contributed by atoms with van der Waals surface area (Å²) in [6.07, 6.45) is 3.18. The predicted octanol–water partition coefficient (Wildman–Crippen LogP) is 5.39. The number of nitrogens with two attached hydrogens (primary N) is 2. The highest BCUT2D eigenvalue weighted by atomic mass is 16.5. The fraction of sp³-hybridized carbons (Fsp3) is 0.259. The van der Waals surface area contributed by atoms with Gasteiger partial charge in [-0.25, -0.2) is 0 Å². The van der Waals surface area contributed by atoms with Crippen LogP contribution >= 0.6 is 0 Å². The lowest BCUT2D eigenvalue weighted by atomic mass is 10.1. The molecule has 0 fully saturated rings. The Labute approximate surface area is 196 Å². The van der Waals surface area contributed by atoms with Crippen molar-refractivity contribution in [1.82, 2.24) is 0 Å². The molecule has 174 valence electrons. The van der Waals surface area contributed by atoms with Crippen LogP contribution in [0, 0.1) is 10.8 Å². The molecule has 6 heteroatoms. The Bertz CT molecular complexity index is 981. The highest BCUT2D eigenvalue weighted by Crippen LogP contribution is 2.26. The third-order valence-corrected chi connectivity index (χ3v) is 5.10. The Morgan fingerprint density at radius 3 is 1.48 bits per heavy atom. The number of ether oxygens (including phenoxy) is 2. The standard InChI is InChI=1S/C26H30N4O2.CH4/c1-2-3-4-20-13-23(31-16-18-5-9-21(10-6-18)25(27)28)15-24(14-20)32-17-19-7-11-22(12-8-19)26(29)30;/h5-15H,2-4,16-17H2,1H3,(H3,27,28)(H3,29,30);1H4. The van der Waals surface area contributed by atoms with Gasteiger partial charge in [0.05, 0.1) is 0 Å². The molecule has 0 atom stereocenters. The average molecular weight is 447 g/mol. The van der Waals surface area contributed by atoms with Crippen LogP contribution in [-0.2, 0) is 19.6 Å². The van der Waals surface area contributed by atoms with Crippen molar-refractivity contribution in [2.24, 2.45) is 11.5 Å². The maximum absolute atomic E-state index is 7.49. The van der Waals surface area contributed by atoms with Crippen LogP contribution in [0.5, 0.6) is 11.5 Å². The minimum absolute atomic E-state index is 0. The third kappa shape index (κ3) is 7.68. The van der Waals surface area contributed by atoms with Crippen molar-refractivity contribution in [3.63, 3.8) is 0 Å². The van der Waals surface area contributed by atoms with Gasteiger partial charge >= 0.3 is 0 Å². The average Bonchev–Trinajstić information content (AvgIpc) is 2.80. The van der Waals surface area contributed by atoms with Crippen molar-refractivity contribution in [2.45, 2.75) is 46.8 Å². The summed E-state index contributed by atoms with van der Waals surface area (Å²) in [7, 11) is 0. The molecule has 0 aromatic heterocycles. The molecule has 3 aromatic rings. The normalized spacial score (nSPS) is 10.2. The van der Waals surface area contributed by atoms with Gasteiger partial charge in [0.25, 0.3) is 0 Å². The number of hydrogen-bond donors (Lipinski definition) is 4. The number of nitrogens with one attached hydrogen (secondary N) is 2. The van der Waals surface area contributed by atoms with Gasteiger partial charge in [-0.05, 0) is 41.7 Å². The molecule has 3 rings (SSSR count). The molecule has 0 unspecified atom stereocenters. The topological polar surface area (TPSA) is 118 Å². The molecule has 33 heavy (non-hydrogen) atoms. The van der Waals surface area contributed by atoms with Crippen LogP contribution in [0.4, 0.5) is 0 Å². The number of aryl methyl sites for hydroxylation is 1. The van der Waals surface area contributed by atoms with E-state index >= 15 is 0 Å². The molecule has 0 aliphatic heterocycles. The SMILES string of the molecule is C.CCCCc1cc(OCc2ccc(C(=N)N)cc2)cc(OCc2ccc(C(=N)N)cc2)c1. The Hall–Kier alpha value is -3.80. The van der Waals surface area contributed by atoms with Crippen LogP contribution in [0.15, 0.2) is 66.7 Å². The number of amidine groups is 2. The van der Waals surface area contributed by atoms with Gasteiger partial charge in [-0.3, -0.25) is 10.8 Å². The maximum atomic E-state index is 7.49. The van der Waals surface area contributed by atoms with E-state index < -0.39 is 0 Å². The second-order valence-electron chi connectivity index (χ2n) is 7.71. The van der Waals surface area contributed by atoms with Gasteiger partial charge in [0.2, 0.25) is 0 Å². The van der Waals surface area contributed by atoms with Gasteiger partial charge in [-0.1, -0.05) is 69.3 Å². The first-order chi connectivity index (χ1) is 15.4. The molecule has 0 saturated heterocycles. The van der Waals surface area contributed by atoms with E-state index in [0.29, 0.717) is 24.3 Å². The van der Waals surface area contributed by atoms with Gasteiger partial charge in [0, 0.05) is 17.2 Å². The molecule has 0 heterocycles. The largest absolute Gasteiger partial charge is 0.489 e. The summed E-state index contributed by atoms with van der Waals surface area (Å²) in [4.78, 5) is 0. The van der Waals surface area contributed by atoms with Crippen LogP contribution in [-0.4, -0.2) is 11.7 Å². The fourth-order valence-corrected chi connectivity index (χ4v) is 3.22. The number of benzene rings is 3. The third-order valence-electron chi connectivity index (χ3n) is 5.10. The second kappa shape index (κ2) is 12.3. The van der Waals surface area contributed by atoms with Crippen molar-refractivity contribution in [1.29, 1.82) is 10.8 Å². The Balaban J connectivity index is 0.00000385. The molecule has 6 N–H and O–H groups in total. The highest BCUT2D eigenvalue weighted by molar-refractivity contribution is 5.95. The molecule has 0 aliphatic rings. The molecule has 6 nitrogen and oxygen atoms in total. The number of unbranched alkanes of at least 4 members (excludes halogenated alkanes) is 1. The summed E-state index contributed by atoms with van der Waals surface area (Å²) in [5, 5.41) is 15.0. The Kier molecular flexibility index (Phi) is 9.48. The van der Waals surface area contributed by atoms with E-state index in [1.54, 1.807) is 0 Å². The first kappa shape index (κ1) is 25.5. The summed E-state index contributed by atoms with van der Waals surface area (Å²) < 4.78 is 12.1. The second-order valence-corrected chi connectivity index (χ2v) is 7.71. The fourth-order valence-electron chi connectivity index (χ4n) is 3.22. The van der Waals surface area contributed by atoms with E-state index in [4.69, 9.17) is 31.8 Å². The van der Waals surface area contributed by atoms with Crippen molar-refractivity contribution in [2.75, 3.05) is 0 Å². The smallest absolute Gasteiger partial charge is 0.123 e. The van der Waals surface area contributed by atoms with E-state index in [2.05, 4.69) is 19.1 Å². The van der Waals surface area contributed by atoms with Crippen LogP contribution in [0.25, 0.3) is 0 Å². The zero-order valence-corrected chi connectivity index (χ0v) is 18.4. The van der Waals surface area contributed by atoms with E-state index in [1.807, 2.05) is 54.6 Å². The minimum atomic E-state index is 0. The Morgan fingerprint density at radius 1 is 0.697 bits per heavy atom. The van der Waals surface area contributed by atoms with Crippen molar-refractivity contribution in [3.05, 3.63) is 94.5 Å². The number of hydrogen-bond acceptors (Lipinski definition) is 4. The number of rotatable bonds is 11. The molecule has 0 radical (unpaired) electrons. The minimum Gasteiger partial charge on any atom is -0.489 e. The van der Waals surface area contributed by atoms with Gasteiger partial charge < -0.3 is 20.9 Å². The van der Waals surface area contributed by atoms with E-state index in [1.165, 1.54) is 5.56 Å². The first-order valence-corrected chi connectivity index (χ1v) is 10.7. The lowest BCUT2D eigenvalue weighted by Gasteiger charge is -2.13. The van der Waals surface area contributed by atoms with Crippen molar-refractivity contribution in [3.8, 4) is 11.5 Å². The molecule has 0 amide bonds. The zero-order chi connectivity index (χ0) is 22.9. The lowest BCUT2D eigenvalue weighted by molar-refractivity contribution is 0.289. The predicted molar refractivity (Wildman–Crippen MR) is 135 cm³/mol. The van der Waals surface area contributed by atoms with E-state index in [0.717, 1.165) is 41.9 Å². The summed E-state index contributed by atoms with van der Waals surface area (Å²) >= 11 is 0. The van der Waals surface area contributed by atoms with Gasteiger partial charge in [-0.15, -0.1) is 0 Å². The highest BCUT2D eigenvalue weighted by Gasteiger charge is 2.06. The van der Waals surface area contributed by atoms with Crippen molar-refractivity contribution >= 4 is 11.7 Å². The quantitative estimate of drug-likeness (QED) is 0.233.